The summed E-state index contributed by atoms with van der Waals surface area (Å²) in [5.74, 6) is 1.90. The van der Waals surface area contributed by atoms with Crippen molar-refractivity contribution in [2.24, 2.45) is 0 Å². The van der Waals surface area contributed by atoms with Crippen LogP contribution in [0.25, 0.3) is 0 Å². The van der Waals surface area contributed by atoms with Crippen LogP contribution < -0.4 is 10.6 Å². The van der Waals surface area contributed by atoms with Crippen molar-refractivity contribution in [2.45, 2.75) is 5.75 Å². The van der Waals surface area contributed by atoms with Gasteiger partial charge in [0.2, 0.25) is 0 Å². The normalized spacial score (nSPS) is 11.1. The van der Waals surface area contributed by atoms with E-state index in [-0.39, 0.29) is 5.75 Å². The summed E-state index contributed by atoms with van der Waals surface area (Å²) in [6, 6.07) is 3.27. The van der Waals surface area contributed by atoms with Gasteiger partial charge >= 0.3 is 0 Å². The smallest absolute Gasteiger partial charge is 0.274 e. The fourth-order valence-electron chi connectivity index (χ4n) is 1.27. The molecule has 0 radical (unpaired) electrons. The van der Waals surface area contributed by atoms with E-state index in [0.29, 0.717) is 23.8 Å². The Labute approximate surface area is 115 Å². The number of nitro groups is 1. The van der Waals surface area contributed by atoms with Crippen LogP contribution in [0.4, 0.5) is 0 Å². The predicted molar refractivity (Wildman–Crippen MR) is 74.2 cm³/mol. The lowest BCUT2D eigenvalue weighted by Crippen LogP contribution is -2.26. The van der Waals surface area contributed by atoms with Crippen molar-refractivity contribution in [1.29, 1.82) is 0 Å². The Morgan fingerprint density at radius 2 is 2.47 bits per heavy atom. The molecule has 0 saturated carbocycles. The molecule has 1 aromatic rings. The quantitative estimate of drug-likeness (QED) is 0.370. The SMILES string of the molecule is CN/C(=C/[N+](=O)[O-])NCCSCc1ncccc1O. The Kier molecular flexibility index (Phi) is 6.51. The van der Waals surface area contributed by atoms with Crippen molar-refractivity contribution in [3.05, 3.63) is 46.2 Å². The van der Waals surface area contributed by atoms with Gasteiger partial charge in [-0.1, -0.05) is 0 Å². The van der Waals surface area contributed by atoms with Gasteiger partial charge in [0.25, 0.3) is 6.20 Å². The van der Waals surface area contributed by atoms with E-state index in [9.17, 15) is 15.2 Å². The average Bonchev–Trinajstić information content (AvgIpc) is 2.38. The number of hydrogen-bond acceptors (Lipinski definition) is 7. The molecule has 0 aliphatic carbocycles. The van der Waals surface area contributed by atoms with E-state index in [1.165, 1.54) is 0 Å². The van der Waals surface area contributed by atoms with Gasteiger partial charge in [-0.3, -0.25) is 15.1 Å². The Morgan fingerprint density at radius 3 is 3.11 bits per heavy atom. The van der Waals surface area contributed by atoms with E-state index in [0.717, 1.165) is 12.0 Å². The molecule has 0 bridgehead atoms. The standard InChI is InChI=1S/C11H16N4O3S/c1-12-11(7-15(17)18)14-5-6-19-8-9-10(16)3-2-4-13-9/h2-4,7,12,14,16H,5-6,8H2,1H3/b11-7-. The van der Waals surface area contributed by atoms with Crippen LogP contribution in [0.1, 0.15) is 5.69 Å². The summed E-state index contributed by atoms with van der Waals surface area (Å²) in [6.07, 6.45) is 2.52. The van der Waals surface area contributed by atoms with Gasteiger partial charge < -0.3 is 15.7 Å². The van der Waals surface area contributed by atoms with Crippen molar-refractivity contribution in [2.75, 3.05) is 19.3 Å². The van der Waals surface area contributed by atoms with Gasteiger partial charge in [0.15, 0.2) is 5.82 Å². The molecule has 1 rings (SSSR count). The van der Waals surface area contributed by atoms with Crippen LogP contribution in [-0.4, -0.2) is 34.4 Å². The summed E-state index contributed by atoms with van der Waals surface area (Å²) in [7, 11) is 1.61. The zero-order chi connectivity index (χ0) is 14.1. The van der Waals surface area contributed by atoms with Gasteiger partial charge in [-0.05, 0) is 12.1 Å². The average molecular weight is 284 g/mol. The van der Waals surface area contributed by atoms with Crippen LogP contribution in [0.2, 0.25) is 0 Å². The second-order valence-corrected chi connectivity index (χ2v) is 4.63. The monoisotopic (exact) mass is 284 g/mol. The summed E-state index contributed by atoms with van der Waals surface area (Å²) >= 11 is 1.58. The van der Waals surface area contributed by atoms with Gasteiger partial charge in [0.1, 0.15) is 5.75 Å². The van der Waals surface area contributed by atoms with Crippen molar-refractivity contribution in [3.63, 3.8) is 0 Å². The third-order valence-corrected chi connectivity index (χ3v) is 3.14. The van der Waals surface area contributed by atoms with Crippen molar-refractivity contribution in [1.82, 2.24) is 15.6 Å². The molecule has 0 fully saturated rings. The number of nitrogens with one attached hydrogen (secondary N) is 2. The number of nitrogens with zero attached hydrogens (tertiary/aromatic N) is 2. The first-order chi connectivity index (χ1) is 9.13. The lowest BCUT2D eigenvalue weighted by Gasteiger charge is -2.07. The molecule has 1 aromatic heterocycles. The minimum atomic E-state index is -0.516. The molecule has 0 aromatic carbocycles. The summed E-state index contributed by atoms with van der Waals surface area (Å²) < 4.78 is 0. The fraction of sp³-hybridized carbons (Fsp3) is 0.364. The molecule has 19 heavy (non-hydrogen) atoms. The van der Waals surface area contributed by atoms with Crippen molar-refractivity contribution >= 4 is 11.8 Å². The van der Waals surface area contributed by atoms with Crippen LogP contribution in [0.5, 0.6) is 5.75 Å². The lowest BCUT2D eigenvalue weighted by molar-refractivity contribution is -0.404. The number of aromatic nitrogens is 1. The Hall–Kier alpha value is -1.96. The second-order valence-electron chi connectivity index (χ2n) is 3.53. The second kappa shape index (κ2) is 8.20. The van der Waals surface area contributed by atoms with Crippen LogP contribution in [0.15, 0.2) is 30.4 Å². The maximum atomic E-state index is 10.3. The fourth-order valence-corrected chi connectivity index (χ4v) is 2.08. The summed E-state index contributed by atoms with van der Waals surface area (Å²) in [4.78, 5) is 13.8. The number of rotatable bonds is 8. The number of pyridine rings is 1. The number of thioether (sulfide) groups is 1. The minimum Gasteiger partial charge on any atom is -0.506 e. The third-order valence-electron chi connectivity index (χ3n) is 2.17. The molecule has 0 atom stereocenters. The van der Waals surface area contributed by atoms with E-state index in [1.54, 1.807) is 37.1 Å². The van der Waals surface area contributed by atoms with Gasteiger partial charge in [-0.15, -0.1) is 0 Å². The van der Waals surface area contributed by atoms with E-state index in [2.05, 4.69) is 15.6 Å². The highest BCUT2D eigenvalue weighted by Gasteiger charge is 2.02. The Bertz CT molecular complexity index is 453. The molecule has 0 aliphatic rings. The molecule has 0 saturated heterocycles. The molecule has 0 spiro atoms. The number of hydrogen-bond donors (Lipinski definition) is 3. The summed E-state index contributed by atoms with van der Waals surface area (Å²) in [6.45, 7) is 0.582. The molecular formula is C11H16N4O3S. The predicted octanol–water partition coefficient (Wildman–Crippen LogP) is 0.905. The highest BCUT2D eigenvalue weighted by molar-refractivity contribution is 7.98. The highest BCUT2D eigenvalue weighted by Crippen LogP contribution is 2.18. The molecule has 0 unspecified atom stereocenters. The first-order valence-electron chi connectivity index (χ1n) is 5.61. The molecule has 1 heterocycles. The zero-order valence-corrected chi connectivity index (χ0v) is 11.3. The maximum Gasteiger partial charge on any atom is 0.274 e. The van der Waals surface area contributed by atoms with E-state index >= 15 is 0 Å². The molecule has 0 aliphatic heterocycles. The first-order valence-corrected chi connectivity index (χ1v) is 6.76. The zero-order valence-electron chi connectivity index (χ0n) is 10.5. The minimum absolute atomic E-state index is 0.187. The maximum absolute atomic E-state index is 10.3. The summed E-state index contributed by atoms with van der Waals surface area (Å²) in [5.41, 5.74) is 0.641. The Morgan fingerprint density at radius 1 is 1.68 bits per heavy atom. The van der Waals surface area contributed by atoms with Gasteiger partial charge in [0, 0.05) is 31.3 Å². The van der Waals surface area contributed by atoms with Crippen LogP contribution in [0, 0.1) is 10.1 Å². The highest BCUT2D eigenvalue weighted by atomic mass is 32.2. The molecule has 0 amide bonds. The van der Waals surface area contributed by atoms with Crippen LogP contribution >= 0.6 is 11.8 Å². The van der Waals surface area contributed by atoms with Crippen LogP contribution in [0.3, 0.4) is 0 Å². The van der Waals surface area contributed by atoms with E-state index in [1.807, 2.05) is 0 Å². The Balaban J connectivity index is 2.25. The molecule has 3 N–H and O–H groups in total. The molecule has 104 valence electrons. The van der Waals surface area contributed by atoms with E-state index in [4.69, 9.17) is 0 Å². The van der Waals surface area contributed by atoms with Gasteiger partial charge in [0.05, 0.1) is 10.6 Å². The topological polar surface area (TPSA) is 100 Å². The molecule has 8 heteroatoms. The molecule has 7 nitrogen and oxygen atoms in total. The van der Waals surface area contributed by atoms with Crippen LogP contribution in [-0.2, 0) is 5.75 Å². The third kappa shape index (κ3) is 5.96. The van der Waals surface area contributed by atoms with Gasteiger partial charge in [-0.25, -0.2) is 0 Å². The lowest BCUT2D eigenvalue weighted by atomic mass is 10.3. The van der Waals surface area contributed by atoms with Crippen molar-refractivity contribution in [3.8, 4) is 5.75 Å². The van der Waals surface area contributed by atoms with E-state index < -0.39 is 4.92 Å². The molecular weight excluding hydrogens is 268 g/mol. The van der Waals surface area contributed by atoms with Crippen molar-refractivity contribution < 1.29 is 10.0 Å². The summed E-state index contributed by atoms with van der Waals surface area (Å²) in [5, 5.41) is 25.4. The first kappa shape index (κ1) is 15.1. The largest absolute Gasteiger partial charge is 0.506 e. The number of aromatic hydroxyl groups is 1. The van der Waals surface area contributed by atoms with Gasteiger partial charge in [-0.2, -0.15) is 11.8 Å².